The molecule has 2 aromatic heterocycles. The second-order valence-corrected chi connectivity index (χ2v) is 6.31. The molecular formula is C18H19N5O2. The summed E-state index contributed by atoms with van der Waals surface area (Å²) in [6.07, 6.45) is 1.65. The van der Waals surface area contributed by atoms with Crippen molar-refractivity contribution in [2.75, 3.05) is 0 Å². The molecule has 1 aliphatic rings. The normalized spacial score (nSPS) is 16.5. The van der Waals surface area contributed by atoms with Crippen molar-refractivity contribution in [2.45, 2.75) is 39.3 Å². The summed E-state index contributed by atoms with van der Waals surface area (Å²) >= 11 is 0. The SMILES string of the molecule is Cc1onc(-c2ccccc2)c1C(=O)N[C@H]1CCc2nnc(C)n2C1. The Bertz CT molecular complexity index is 913. The number of carbonyl (C=O) groups excluding carboxylic acids is 1. The van der Waals surface area contributed by atoms with Crippen LogP contribution in [0.25, 0.3) is 11.3 Å². The molecule has 0 bridgehead atoms. The largest absolute Gasteiger partial charge is 0.360 e. The number of rotatable bonds is 3. The summed E-state index contributed by atoms with van der Waals surface area (Å²) < 4.78 is 7.35. The van der Waals surface area contributed by atoms with Crippen molar-refractivity contribution in [1.82, 2.24) is 25.2 Å². The molecule has 1 aliphatic heterocycles. The van der Waals surface area contributed by atoms with Crippen LogP contribution in [0.1, 0.15) is 34.2 Å². The van der Waals surface area contributed by atoms with Gasteiger partial charge in [0.15, 0.2) is 0 Å². The van der Waals surface area contributed by atoms with Crippen molar-refractivity contribution in [1.29, 1.82) is 0 Å². The van der Waals surface area contributed by atoms with E-state index in [9.17, 15) is 4.79 Å². The van der Waals surface area contributed by atoms with Crippen LogP contribution in [0.15, 0.2) is 34.9 Å². The van der Waals surface area contributed by atoms with E-state index in [-0.39, 0.29) is 11.9 Å². The topological polar surface area (TPSA) is 85.8 Å². The van der Waals surface area contributed by atoms with E-state index in [1.54, 1.807) is 6.92 Å². The molecule has 7 nitrogen and oxygen atoms in total. The monoisotopic (exact) mass is 337 g/mol. The number of fused-ring (bicyclic) bond motifs is 1. The van der Waals surface area contributed by atoms with Gasteiger partial charge in [-0.25, -0.2) is 0 Å². The molecule has 0 aliphatic carbocycles. The lowest BCUT2D eigenvalue weighted by Crippen LogP contribution is -2.41. The number of benzene rings is 1. The molecule has 1 amide bonds. The highest BCUT2D eigenvalue weighted by Gasteiger charge is 2.27. The quantitative estimate of drug-likeness (QED) is 0.792. The number of amides is 1. The third kappa shape index (κ3) is 2.82. The zero-order chi connectivity index (χ0) is 17.4. The molecule has 0 fully saturated rings. The molecule has 3 aromatic rings. The summed E-state index contributed by atoms with van der Waals surface area (Å²) in [7, 11) is 0. The number of aryl methyl sites for hydroxylation is 3. The zero-order valence-corrected chi connectivity index (χ0v) is 14.2. The first kappa shape index (κ1) is 15.6. The third-order valence-electron chi connectivity index (χ3n) is 4.60. The van der Waals surface area contributed by atoms with Gasteiger partial charge >= 0.3 is 0 Å². The lowest BCUT2D eigenvalue weighted by Gasteiger charge is -2.24. The first-order valence-electron chi connectivity index (χ1n) is 8.34. The summed E-state index contributed by atoms with van der Waals surface area (Å²) in [6, 6.07) is 9.63. The van der Waals surface area contributed by atoms with Crippen LogP contribution in [0, 0.1) is 13.8 Å². The third-order valence-corrected chi connectivity index (χ3v) is 4.60. The number of nitrogens with one attached hydrogen (secondary N) is 1. The van der Waals surface area contributed by atoms with E-state index in [1.807, 2.05) is 37.3 Å². The fourth-order valence-electron chi connectivity index (χ4n) is 3.27. The van der Waals surface area contributed by atoms with E-state index >= 15 is 0 Å². The van der Waals surface area contributed by atoms with Crippen LogP contribution >= 0.6 is 0 Å². The molecule has 1 atom stereocenters. The highest BCUT2D eigenvalue weighted by atomic mass is 16.5. The van der Waals surface area contributed by atoms with Crippen molar-refractivity contribution in [3.63, 3.8) is 0 Å². The van der Waals surface area contributed by atoms with E-state index in [4.69, 9.17) is 4.52 Å². The minimum atomic E-state index is -0.156. The van der Waals surface area contributed by atoms with Gasteiger partial charge in [0.25, 0.3) is 5.91 Å². The van der Waals surface area contributed by atoms with E-state index in [0.717, 1.165) is 30.1 Å². The second kappa shape index (κ2) is 6.16. The fourth-order valence-corrected chi connectivity index (χ4v) is 3.27. The highest BCUT2D eigenvalue weighted by molar-refractivity contribution is 6.00. The predicted octanol–water partition coefficient (Wildman–Crippen LogP) is 2.29. The van der Waals surface area contributed by atoms with Crippen LogP contribution in [0.5, 0.6) is 0 Å². The van der Waals surface area contributed by atoms with Gasteiger partial charge < -0.3 is 14.4 Å². The van der Waals surface area contributed by atoms with Crippen LogP contribution in [0.4, 0.5) is 0 Å². The minimum Gasteiger partial charge on any atom is -0.360 e. The van der Waals surface area contributed by atoms with Gasteiger partial charge in [-0.1, -0.05) is 35.5 Å². The Labute approximate surface area is 145 Å². The minimum absolute atomic E-state index is 0.0348. The molecule has 7 heteroatoms. The first-order valence-corrected chi connectivity index (χ1v) is 8.34. The lowest BCUT2D eigenvalue weighted by atomic mass is 10.0. The maximum Gasteiger partial charge on any atom is 0.257 e. The Morgan fingerprint density at radius 3 is 2.84 bits per heavy atom. The maximum absolute atomic E-state index is 12.9. The van der Waals surface area contributed by atoms with E-state index < -0.39 is 0 Å². The van der Waals surface area contributed by atoms with Crippen LogP contribution in [-0.4, -0.2) is 31.9 Å². The molecule has 0 saturated heterocycles. The predicted molar refractivity (Wildman–Crippen MR) is 91.0 cm³/mol. The molecule has 25 heavy (non-hydrogen) atoms. The molecule has 1 aromatic carbocycles. The van der Waals surface area contributed by atoms with Crippen LogP contribution in [-0.2, 0) is 13.0 Å². The van der Waals surface area contributed by atoms with Gasteiger partial charge in [-0.05, 0) is 20.3 Å². The summed E-state index contributed by atoms with van der Waals surface area (Å²) in [5.41, 5.74) is 1.94. The number of carbonyl (C=O) groups is 1. The molecule has 128 valence electrons. The zero-order valence-electron chi connectivity index (χ0n) is 14.2. The average Bonchev–Trinajstić information content (AvgIpc) is 3.19. The standard InChI is InChI=1S/C18H19N5O2/c1-11-16(17(22-25-11)13-6-4-3-5-7-13)18(24)19-14-8-9-15-21-20-12(2)23(15)10-14/h3-7,14H,8-10H2,1-2H3,(H,19,24)/t14-/m0/s1. The van der Waals surface area contributed by atoms with E-state index in [0.29, 0.717) is 23.6 Å². The Balaban J connectivity index is 1.57. The van der Waals surface area contributed by atoms with Crippen LogP contribution < -0.4 is 5.32 Å². The fraction of sp³-hybridized carbons (Fsp3) is 0.333. The summed E-state index contributed by atoms with van der Waals surface area (Å²) in [4.78, 5) is 12.9. The van der Waals surface area contributed by atoms with E-state index in [2.05, 4.69) is 25.2 Å². The van der Waals surface area contributed by atoms with Crippen molar-refractivity contribution in [2.24, 2.45) is 0 Å². The highest BCUT2D eigenvalue weighted by Crippen LogP contribution is 2.25. The molecule has 1 N–H and O–H groups in total. The van der Waals surface area contributed by atoms with Gasteiger partial charge in [-0.2, -0.15) is 0 Å². The van der Waals surface area contributed by atoms with Gasteiger partial charge in [-0.3, -0.25) is 4.79 Å². The average molecular weight is 337 g/mol. The number of hydrogen-bond acceptors (Lipinski definition) is 5. The van der Waals surface area contributed by atoms with Gasteiger partial charge in [-0.15, -0.1) is 10.2 Å². The Morgan fingerprint density at radius 2 is 2.04 bits per heavy atom. The molecule has 0 saturated carbocycles. The number of hydrogen-bond donors (Lipinski definition) is 1. The Morgan fingerprint density at radius 1 is 1.24 bits per heavy atom. The van der Waals surface area contributed by atoms with Crippen molar-refractivity contribution >= 4 is 5.91 Å². The number of aromatic nitrogens is 4. The van der Waals surface area contributed by atoms with Crippen molar-refractivity contribution in [3.8, 4) is 11.3 Å². The Kier molecular flexibility index (Phi) is 3.83. The lowest BCUT2D eigenvalue weighted by molar-refractivity contribution is 0.0926. The molecular weight excluding hydrogens is 318 g/mol. The van der Waals surface area contributed by atoms with Gasteiger partial charge in [0.05, 0.1) is 0 Å². The Hall–Kier alpha value is -2.96. The van der Waals surface area contributed by atoms with Gasteiger partial charge in [0.1, 0.15) is 28.7 Å². The first-order chi connectivity index (χ1) is 12.1. The molecule has 4 rings (SSSR count). The van der Waals surface area contributed by atoms with Crippen LogP contribution in [0.2, 0.25) is 0 Å². The molecule has 0 spiro atoms. The summed E-state index contributed by atoms with van der Waals surface area (Å²) in [6.45, 7) is 4.38. The molecule has 0 unspecified atom stereocenters. The summed E-state index contributed by atoms with van der Waals surface area (Å²) in [5, 5.41) is 15.5. The molecule has 3 heterocycles. The van der Waals surface area contributed by atoms with Gasteiger partial charge in [0.2, 0.25) is 0 Å². The van der Waals surface area contributed by atoms with Crippen molar-refractivity contribution < 1.29 is 9.32 Å². The summed E-state index contributed by atoms with van der Waals surface area (Å²) in [5.74, 6) is 2.22. The molecule has 0 radical (unpaired) electrons. The van der Waals surface area contributed by atoms with Crippen LogP contribution in [0.3, 0.4) is 0 Å². The smallest absolute Gasteiger partial charge is 0.257 e. The maximum atomic E-state index is 12.9. The van der Waals surface area contributed by atoms with Crippen molar-refractivity contribution in [3.05, 3.63) is 53.3 Å². The van der Waals surface area contributed by atoms with E-state index in [1.165, 1.54) is 0 Å². The second-order valence-electron chi connectivity index (χ2n) is 6.31. The van der Waals surface area contributed by atoms with Gasteiger partial charge in [0, 0.05) is 24.6 Å². The number of nitrogens with zero attached hydrogens (tertiary/aromatic N) is 4.